The summed E-state index contributed by atoms with van der Waals surface area (Å²) in [6, 6.07) is 14.8. The fourth-order valence-electron chi connectivity index (χ4n) is 4.03. The molecule has 0 unspecified atom stereocenters. The Morgan fingerprint density at radius 3 is 2.58 bits per heavy atom. The van der Waals surface area contributed by atoms with Gasteiger partial charge in [0.25, 0.3) is 5.91 Å². The monoisotopic (exact) mass is 427 g/mol. The van der Waals surface area contributed by atoms with Gasteiger partial charge < -0.3 is 9.80 Å². The molecule has 0 spiro atoms. The van der Waals surface area contributed by atoms with Crippen LogP contribution in [-0.4, -0.2) is 51.8 Å². The van der Waals surface area contributed by atoms with Gasteiger partial charge in [-0.1, -0.05) is 24.3 Å². The van der Waals surface area contributed by atoms with Crippen molar-refractivity contribution in [1.29, 1.82) is 0 Å². The van der Waals surface area contributed by atoms with Crippen molar-refractivity contribution in [2.24, 2.45) is 7.05 Å². The molecule has 0 saturated carbocycles. The maximum absolute atomic E-state index is 12.7. The van der Waals surface area contributed by atoms with E-state index < -0.39 is 0 Å². The number of piperazine rings is 1. The van der Waals surface area contributed by atoms with Gasteiger partial charge in [-0.3, -0.25) is 9.48 Å². The number of terminal acetylenes is 1. The highest BCUT2D eigenvalue weighted by Gasteiger charge is 2.24. The van der Waals surface area contributed by atoms with Gasteiger partial charge in [0.15, 0.2) is 5.01 Å². The van der Waals surface area contributed by atoms with Gasteiger partial charge in [0.2, 0.25) is 0 Å². The second-order valence-electron chi connectivity index (χ2n) is 7.55. The summed E-state index contributed by atoms with van der Waals surface area (Å²) in [7, 11) is 1.94. The molecule has 1 amide bonds. The lowest BCUT2D eigenvalue weighted by atomic mass is 10.0. The Bertz CT molecular complexity index is 1290. The van der Waals surface area contributed by atoms with Crippen molar-refractivity contribution >= 4 is 33.8 Å². The van der Waals surface area contributed by atoms with E-state index in [-0.39, 0.29) is 5.91 Å². The van der Waals surface area contributed by atoms with Crippen LogP contribution in [0.15, 0.2) is 54.0 Å². The number of carbonyl (C=O) groups is 1. The molecule has 1 saturated heterocycles. The van der Waals surface area contributed by atoms with Crippen molar-refractivity contribution in [1.82, 2.24) is 19.7 Å². The second kappa shape index (κ2) is 7.89. The van der Waals surface area contributed by atoms with Crippen LogP contribution in [0.3, 0.4) is 0 Å². The lowest BCUT2D eigenvalue weighted by Gasteiger charge is -2.35. The molecular weight excluding hydrogens is 406 g/mol. The van der Waals surface area contributed by atoms with Gasteiger partial charge in [0, 0.05) is 55.9 Å². The van der Waals surface area contributed by atoms with Gasteiger partial charge in [-0.05, 0) is 35.2 Å². The first kappa shape index (κ1) is 19.3. The average Bonchev–Trinajstić information content (AvgIpc) is 3.44. The van der Waals surface area contributed by atoms with Gasteiger partial charge in [-0.2, -0.15) is 5.10 Å². The number of thiazole rings is 1. The summed E-state index contributed by atoms with van der Waals surface area (Å²) in [4.78, 5) is 21.0. The Balaban J connectivity index is 1.28. The minimum absolute atomic E-state index is 0.0442. The number of benzene rings is 2. The molecule has 0 atom stereocenters. The van der Waals surface area contributed by atoms with E-state index in [4.69, 9.17) is 6.42 Å². The fourth-order valence-corrected chi connectivity index (χ4v) is 4.63. The third kappa shape index (κ3) is 3.66. The molecule has 3 heterocycles. The molecule has 31 heavy (non-hydrogen) atoms. The van der Waals surface area contributed by atoms with Crippen LogP contribution in [0.2, 0.25) is 0 Å². The number of rotatable bonds is 3. The summed E-state index contributed by atoms with van der Waals surface area (Å²) in [6.07, 6.45) is 7.42. The van der Waals surface area contributed by atoms with E-state index >= 15 is 0 Å². The van der Waals surface area contributed by atoms with E-state index in [0.717, 1.165) is 29.7 Å². The molecule has 6 nitrogen and oxygen atoms in total. The number of aromatic nitrogens is 3. The number of aryl methyl sites for hydroxylation is 1. The predicted molar refractivity (Wildman–Crippen MR) is 124 cm³/mol. The molecular formula is C24H21N5OS. The van der Waals surface area contributed by atoms with E-state index in [1.54, 1.807) is 5.38 Å². The molecule has 0 bridgehead atoms. The molecule has 2 aromatic carbocycles. The number of hydrogen-bond donors (Lipinski definition) is 0. The largest absolute Gasteiger partial charge is 0.368 e. The van der Waals surface area contributed by atoms with Gasteiger partial charge in [0.1, 0.15) is 5.69 Å². The van der Waals surface area contributed by atoms with Gasteiger partial charge >= 0.3 is 0 Å². The Labute approximate surface area is 184 Å². The normalized spacial score (nSPS) is 14.1. The summed E-state index contributed by atoms with van der Waals surface area (Å²) in [5.41, 5.74) is 4.96. The molecule has 5 rings (SSSR count). The van der Waals surface area contributed by atoms with Crippen LogP contribution >= 0.6 is 11.3 Å². The topological polar surface area (TPSA) is 54.3 Å². The van der Waals surface area contributed by atoms with Gasteiger partial charge in [-0.15, -0.1) is 17.8 Å². The van der Waals surface area contributed by atoms with Crippen molar-refractivity contribution in [2.45, 2.75) is 0 Å². The maximum atomic E-state index is 12.7. The molecule has 1 fully saturated rings. The molecule has 2 aromatic heterocycles. The zero-order valence-corrected chi connectivity index (χ0v) is 18.0. The van der Waals surface area contributed by atoms with E-state index in [1.165, 1.54) is 22.5 Å². The number of hydrogen-bond acceptors (Lipinski definition) is 5. The van der Waals surface area contributed by atoms with Gasteiger partial charge in [-0.25, -0.2) is 4.98 Å². The summed E-state index contributed by atoms with van der Waals surface area (Å²) in [5.74, 6) is 2.44. The fraction of sp³-hybridized carbons (Fsp3) is 0.208. The van der Waals surface area contributed by atoms with Crippen molar-refractivity contribution in [2.75, 3.05) is 31.1 Å². The number of anilines is 1. The van der Waals surface area contributed by atoms with Crippen LogP contribution in [0.25, 0.3) is 22.0 Å². The minimum atomic E-state index is -0.0442. The highest BCUT2D eigenvalue weighted by molar-refractivity contribution is 7.10. The first-order chi connectivity index (χ1) is 15.1. The lowest BCUT2D eigenvalue weighted by Crippen LogP contribution is -2.48. The first-order valence-electron chi connectivity index (χ1n) is 10.1. The van der Waals surface area contributed by atoms with Crippen LogP contribution in [0.5, 0.6) is 0 Å². The molecule has 0 aliphatic carbocycles. The summed E-state index contributed by atoms with van der Waals surface area (Å²) < 4.78 is 1.85. The van der Waals surface area contributed by atoms with Crippen LogP contribution < -0.4 is 4.90 Å². The van der Waals surface area contributed by atoms with E-state index in [0.29, 0.717) is 23.8 Å². The van der Waals surface area contributed by atoms with Crippen LogP contribution in [0, 0.1) is 12.3 Å². The molecule has 1 aliphatic rings. The van der Waals surface area contributed by atoms with Crippen molar-refractivity contribution in [3.05, 3.63) is 64.7 Å². The minimum Gasteiger partial charge on any atom is -0.368 e. The predicted octanol–water partition coefficient (Wildman–Crippen LogP) is 3.64. The second-order valence-corrected chi connectivity index (χ2v) is 8.41. The summed E-state index contributed by atoms with van der Waals surface area (Å²) in [5, 5.41) is 7.94. The van der Waals surface area contributed by atoms with Crippen LogP contribution in [-0.2, 0) is 7.05 Å². The van der Waals surface area contributed by atoms with Crippen molar-refractivity contribution in [3.8, 4) is 23.5 Å². The number of amides is 1. The maximum Gasteiger partial charge on any atom is 0.273 e. The summed E-state index contributed by atoms with van der Waals surface area (Å²) in [6.45, 7) is 2.90. The highest BCUT2D eigenvalue weighted by Crippen LogP contribution is 2.30. The molecule has 154 valence electrons. The molecule has 7 heteroatoms. The standard InChI is InChI=1S/C24H21N5OS/c1-3-23-25-22(16-31-23)24(30)29-13-11-28(12-14-29)18-9-7-17(8-10-18)19-5-4-6-21-20(19)15-27(2)26-21/h1,4-10,15-16H,11-14H2,2H3. The molecule has 4 aromatic rings. The smallest absolute Gasteiger partial charge is 0.273 e. The zero-order valence-electron chi connectivity index (χ0n) is 17.2. The van der Waals surface area contributed by atoms with Gasteiger partial charge in [0.05, 0.1) is 5.52 Å². The Kier molecular flexibility index (Phi) is 4.92. The van der Waals surface area contributed by atoms with E-state index in [9.17, 15) is 4.79 Å². The van der Waals surface area contributed by atoms with Crippen LogP contribution in [0.4, 0.5) is 5.69 Å². The summed E-state index contributed by atoms with van der Waals surface area (Å²) >= 11 is 1.33. The Hall–Kier alpha value is -3.63. The quantitative estimate of drug-likeness (QED) is 0.469. The Morgan fingerprint density at radius 1 is 1.10 bits per heavy atom. The van der Waals surface area contributed by atoms with E-state index in [1.807, 2.05) is 28.8 Å². The molecule has 0 N–H and O–H groups in total. The SMILES string of the molecule is C#Cc1nc(C(=O)N2CCN(c3ccc(-c4cccc5nn(C)cc45)cc3)CC2)cs1. The lowest BCUT2D eigenvalue weighted by molar-refractivity contribution is 0.0741. The van der Waals surface area contributed by atoms with Crippen LogP contribution in [0.1, 0.15) is 15.5 Å². The molecule has 1 aliphatic heterocycles. The Morgan fingerprint density at radius 2 is 1.87 bits per heavy atom. The third-order valence-corrected chi connectivity index (χ3v) is 6.40. The highest BCUT2D eigenvalue weighted by atomic mass is 32.1. The average molecular weight is 428 g/mol. The van der Waals surface area contributed by atoms with E-state index in [2.05, 4.69) is 57.4 Å². The number of fused-ring (bicyclic) bond motifs is 1. The zero-order chi connectivity index (χ0) is 21.4. The number of nitrogens with zero attached hydrogens (tertiary/aromatic N) is 5. The van der Waals surface area contributed by atoms with Crippen molar-refractivity contribution in [3.63, 3.8) is 0 Å². The number of carbonyl (C=O) groups excluding carboxylic acids is 1. The first-order valence-corrected chi connectivity index (χ1v) is 11.0. The third-order valence-electron chi connectivity index (χ3n) is 5.62. The van der Waals surface area contributed by atoms with Crippen molar-refractivity contribution < 1.29 is 4.79 Å². The molecule has 0 radical (unpaired) electrons.